The summed E-state index contributed by atoms with van der Waals surface area (Å²) in [4.78, 5) is 11.3. The van der Waals surface area contributed by atoms with E-state index in [2.05, 4.69) is 5.32 Å². The van der Waals surface area contributed by atoms with Crippen molar-refractivity contribution in [3.8, 4) is 0 Å². The average Bonchev–Trinajstić information content (AvgIpc) is 2.47. The highest BCUT2D eigenvalue weighted by Crippen LogP contribution is 2.31. The van der Waals surface area contributed by atoms with Crippen LogP contribution in [0.15, 0.2) is 0 Å². The predicted octanol–water partition coefficient (Wildman–Crippen LogP) is 0.690. The summed E-state index contributed by atoms with van der Waals surface area (Å²) in [7, 11) is 1.48. The summed E-state index contributed by atoms with van der Waals surface area (Å²) in [6.07, 6.45) is 4.52. The number of carbonyl (C=O) groups is 1. The van der Waals surface area contributed by atoms with Gasteiger partial charge in [-0.2, -0.15) is 0 Å². The monoisotopic (exact) mass is 169 g/mol. The molecule has 0 aromatic rings. The second-order valence-corrected chi connectivity index (χ2v) is 3.75. The van der Waals surface area contributed by atoms with Gasteiger partial charge in [-0.3, -0.25) is 4.79 Å². The van der Waals surface area contributed by atoms with E-state index in [1.54, 1.807) is 0 Å². The second-order valence-electron chi connectivity index (χ2n) is 3.75. The third-order valence-electron chi connectivity index (χ3n) is 3.09. The van der Waals surface area contributed by atoms with Gasteiger partial charge >= 0.3 is 5.97 Å². The highest BCUT2D eigenvalue weighted by Gasteiger charge is 2.39. The maximum absolute atomic E-state index is 11.3. The van der Waals surface area contributed by atoms with E-state index >= 15 is 0 Å². The van der Waals surface area contributed by atoms with Crippen molar-refractivity contribution in [2.45, 2.75) is 37.8 Å². The zero-order valence-corrected chi connectivity index (χ0v) is 7.38. The Bertz CT molecular complexity index is 193. The van der Waals surface area contributed by atoms with Gasteiger partial charge in [0.25, 0.3) is 0 Å². The molecule has 0 radical (unpaired) electrons. The minimum Gasteiger partial charge on any atom is -0.469 e. The summed E-state index contributed by atoms with van der Waals surface area (Å²) in [5.74, 6) is 0.0848. The lowest BCUT2D eigenvalue weighted by atomic mass is 9.92. The highest BCUT2D eigenvalue weighted by molar-refractivity contribution is 5.73. The van der Waals surface area contributed by atoms with Gasteiger partial charge in [0.1, 0.15) is 0 Å². The van der Waals surface area contributed by atoms with Crippen molar-refractivity contribution >= 4 is 5.97 Å². The number of fused-ring (bicyclic) bond motifs is 2. The number of piperidine rings is 1. The van der Waals surface area contributed by atoms with Crippen LogP contribution in [0.25, 0.3) is 0 Å². The largest absolute Gasteiger partial charge is 0.469 e. The fourth-order valence-electron chi connectivity index (χ4n) is 2.41. The maximum atomic E-state index is 11.3. The van der Waals surface area contributed by atoms with Gasteiger partial charge in [0, 0.05) is 12.1 Å². The molecule has 2 aliphatic heterocycles. The van der Waals surface area contributed by atoms with Crippen molar-refractivity contribution < 1.29 is 9.53 Å². The van der Waals surface area contributed by atoms with E-state index in [-0.39, 0.29) is 11.9 Å². The molecule has 2 bridgehead atoms. The molecule has 0 amide bonds. The number of esters is 1. The third-order valence-corrected chi connectivity index (χ3v) is 3.09. The minimum absolute atomic E-state index is 0.0344. The van der Waals surface area contributed by atoms with Crippen LogP contribution in [0, 0.1) is 5.92 Å². The van der Waals surface area contributed by atoms with Gasteiger partial charge in [-0.05, 0) is 25.7 Å². The number of hydrogen-bond donors (Lipinski definition) is 1. The normalized spacial score (nSPS) is 39.6. The van der Waals surface area contributed by atoms with Crippen LogP contribution < -0.4 is 5.32 Å². The molecular formula is C9H15NO2. The smallest absolute Gasteiger partial charge is 0.310 e. The Labute approximate surface area is 72.5 Å². The maximum Gasteiger partial charge on any atom is 0.310 e. The summed E-state index contributed by atoms with van der Waals surface area (Å²) in [5.41, 5.74) is 0. The van der Waals surface area contributed by atoms with E-state index < -0.39 is 0 Å². The van der Waals surface area contributed by atoms with E-state index in [0.29, 0.717) is 12.1 Å². The Hall–Kier alpha value is -0.570. The molecule has 0 aliphatic carbocycles. The van der Waals surface area contributed by atoms with Gasteiger partial charge in [0.05, 0.1) is 13.0 Å². The Morgan fingerprint density at radius 3 is 2.83 bits per heavy atom. The van der Waals surface area contributed by atoms with Crippen LogP contribution in [0.1, 0.15) is 25.7 Å². The van der Waals surface area contributed by atoms with Crippen molar-refractivity contribution in [1.29, 1.82) is 0 Å². The lowest BCUT2D eigenvalue weighted by molar-refractivity contribution is -0.147. The molecular weight excluding hydrogens is 154 g/mol. The first-order chi connectivity index (χ1) is 5.81. The Morgan fingerprint density at radius 2 is 2.08 bits per heavy atom. The molecule has 0 aromatic heterocycles. The Balaban J connectivity index is 2.02. The van der Waals surface area contributed by atoms with Crippen LogP contribution >= 0.6 is 0 Å². The van der Waals surface area contributed by atoms with E-state index in [9.17, 15) is 4.79 Å². The van der Waals surface area contributed by atoms with Crippen LogP contribution in [-0.4, -0.2) is 25.2 Å². The summed E-state index contributed by atoms with van der Waals surface area (Å²) in [6.45, 7) is 0. The zero-order valence-electron chi connectivity index (χ0n) is 7.38. The zero-order chi connectivity index (χ0) is 8.55. The van der Waals surface area contributed by atoms with Crippen LogP contribution in [0.3, 0.4) is 0 Å². The lowest BCUT2D eigenvalue weighted by Gasteiger charge is -2.27. The van der Waals surface area contributed by atoms with Crippen molar-refractivity contribution in [2.75, 3.05) is 7.11 Å². The molecule has 1 N–H and O–H groups in total. The van der Waals surface area contributed by atoms with Crippen molar-refractivity contribution in [3.05, 3.63) is 0 Å². The molecule has 2 heterocycles. The number of methoxy groups -OCH3 is 1. The fraction of sp³-hybridized carbons (Fsp3) is 0.889. The average molecular weight is 169 g/mol. The summed E-state index contributed by atoms with van der Waals surface area (Å²) in [5, 5.41) is 3.45. The number of hydrogen-bond acceptors (Lipinski definition) is 3. The molecule has 2 saturated heterocycles. The number of rotatable bonds is 1. The molecule has 68 valence electrons. The molecule has 12 heavy (non-hydrogen) atoms. The standard InChI is InChI=1S/C9H15NO2/c1-12-9(11)7-4-2-6-3-5-8(7)10-6/h6-8,10H,2-5H2,1H3/t6-,7+,8-/m1/s1. The molecule has 0 unspecified atom stereocenters. The molecule has 2 aliphatic rings. The van der Waals surface area contributed by atoms with Crippen LogP contribution in [-0.2, 0) is 9.53 Å². The third kappa shape index (κ3) is 1.22. The molecule has 3 atom stereocenters. The van der Waals surface area contributed by atoms with Gasteiger partial charge in [0.2, 0.25) is 0 Å². The van der Waals surface area contributed by atoms with Crippen LogP contribution in [0.2, 0.25) is 0 Å². The summed E-state index contributed by atoms with van der Waals surface area (Å²) >= 11 is 0. The van der Waals surface area contributed by atoms with E-state index in [0.717, 1.165) is 19.3 Å². The van der Waals surface area contributed by atoms with Crippen LogP contribution in [0.4, 0.5) is 0 Å². The van der Waals surface area contributed by atoms with Crippen LogP contribution in [0.5, 0.6) is 0 Å². The minimum atomic E-state index is -0.0344. The van der Waals surface area contributed by atoms with E-state index in [1.807, 2.05) is 0 Å². The summed E-state index contributed by atoms with van der Waals surface area (Å²) < 4.78 is 4.76. The summed E-state index contributed by atoms with van der Waals surface area (Å²) in [6, 6.07) is 1.08. The van der Waals surface area contributed by atoms with Gasteiger partial charge in [-0.15, -0.1) is 0 Å². The number of ether oxygens (including phenoxy) is 1. The number of carbonyl (C=O) groups excluding carboxylic acids is 1. The second kappa shape index (κ2) is 3.05. The van der Waals surface area contributed by atoms with Crippen molar-refractivity contribution in [2.24, 2.45) is 5.92 Å². The molecule has 0 saturated carbocycles. The number of nitrogens with one attached hydrogen (secondary N) is 1. The van der Waals surface area contributed by atoms with E-state index in [1.165, 1.54) is 13.5 Å². The topological polar surface area (TPSA) is 38.3 Å². The molecule has 0 spiro atoms. The highest BCUT2D eigenvalue weighted by atomic mass is 16.5. The van der Waals surface area contributed by atoms with E-state index in [4.69, 9.17) is 4.74 Å². The first-order valence-corrected chi connectivity index (χ1v) is 4.65. The molecule has 3 nitrogen and oxygen atoms in total. The molecule has 0 aromatic carbocycles. The van der Waals surface area contributed by atoms with Crippen molar-refractivity contribution in [1.82, 2.24) is 5.32 Å². The van der Waals surface area contributed by atoms with Gasteiger partial charge < -0.3 is 10.1 Å². The SMILES string of the molecule is COC(=O)[C@H]1CC[C@@H]2CC[C@H]1N2. The quantitative estimate of drug-likeness (QED) is 0.587. The van der Waals surface area contributed by atoms with Gasteiger partial charge in [-0.1, -0.05) is 0 Å². The van der Waals surface area contributed by atoms with Gasteiger partial charge in [0.15, 0.2) is 0 Å². The van der Waals surface area contributed by atoms with Gasteiger partial charge in [-0.25, -0.2) is 0 Å². The fourth-order valence-corrected chi connectivity index (χ4v) is 2.41. The molecule has 2 fully saturated rings. The molecule has 3 heteroatoms. The lowest BCUT2D eigenvalue weighted by Crippen LogP contribution is -2.43. The molecule has 2 rings (SSSR count). The van der Waals surface area contributed by atoms with Crippen molar-refractivity contribution in [3.63, 3.8) is 0 Å². The Kier molecular flexibility index (Phi) is 2.05. The first kappa shape index (κ1) is 8.05. The predicted molar refractivity (Wildman–Crippen MR) is 44.7 cm³/mol. The first-order valence-electron chi connectivity index (χ1n) is 4.65. The Morgan fingerprint density at radius 1 is 1.33 bits per heavy atom.